The van der Waals surface area contributed by atoms with Crippen LogP contribution in [0.25, 0.3) is 0 Å². The van der Waals surface area contributed by atoms with Crippen LogP contribution < -0.4 is 17.0 Å². The van der Waals surface area contributed by atoms with Crippen LogP contribution in [0.4, 0.5) is 5.82 Å². The van der Waals surface area contributed by atoms with Gasteiger partial charge in [-0.05, 0) is 19.9 Å². The van der Waals surface area contributed by atoms with Gasteiger partial charge in [0.05, 0.1) is 5.56 Å². The minimum Gasteiger partial charge on any atom is -0.383 e. The van der Waals surface area contributed by atoms with Gasteiger partial charge in [0.1, 0.15) is 11.6 Å². The summed E-state index contributed by atoms with van der Waals surface area (Å²) in [7, 11) is 0. The van der Waals surface area contributed by atoms with Crippen molar-refractivity contribution in [3.8, 4) is 0 Å². The maximum Gasteiger partial charge on any atom is 0.255 e. The van der Waals surface area contributed by atoms with E-state index in [4.69, 9.17) is 11.5 Å². The lowest BCUT2D eigenvalue weighted by atomic mass is 10.3. The highest BCUT2D eigenvalue weighted by atomic mass is 16.1. The molecule has 1 rings (SSSR count). The number of rotatable bonds is 3. The van der Waals surface area contributed by atoms with Gasteiger partial charge in [-0.15, -0.1) is 0 Å². The molecule has 5 N–H and O–H groups in total. The third kappa shape index (κ3) is 2.29. The van der Waals surface area contributed by atoms with E-state index < -0.39 is 0 Å². The zero-order chi connectivity index (χ0) is 9.84. The Labute approximate surface area is 76.2 Å². The topological polar surface area (TPSA) is 97.8 Å². The molecule has 0 amide bonds. The molecule has 1 aromatic heterocycles. The molecule has 0 saturated heterocycles. The second-order valence-corrected chi connectivity index (χ2v) is 2.92. The number of aromatic amines is 1. The standard InChI is InChI=1S/C8H14N4O/c1-5-7(10)11-6(3-2-4-9)12-8(5)13/h2-4,9H2,1H3,(H3,10,11,12,13). The zero-order valence-corrected chi connectivity index (χ0v) is 7.63. The molecule has 13 heavy (non-hydrogen) atoms. The predicted molar refractivity (Wildman–Crippen MR) is 51.4 cm³/mol. The fourth-order valence-electron chi connectivity index (χ4n) is 0.986. The van der Waals surface area contributed by atoms with Gasteiger partial charge in [-0.2, -0.15) is 0 Å². The Balaban J connectivity index is 2.93. The molecule has 1 heterocycles. The molecule has 0 aliphatic rings. The first kappa shape index (κ1) is 9.73. The molecule has 72 valence electrons. The molecular weight excluding hydrogens is 168 g/mol. The second kappa shape index (κ2) is 4.04. The van der Waals surface area contributed by atoms with Gasteiger partial charge in [-0.1, -0.05) is 0 Å². The molecule has 0 aliphatic heterocycles. The summed E-state index contributed by atoms with van der Waals surface area (Å²) in [6.45, 7) is 2.23. The van der Waals surface area contributed by atoms with Crippen LogP contribution in [0.1, 0.15) is 17.8 Å². The maximum atomic E-state index is 11.2. The normalized spacial score (nSPS) is 10.3. The summed E-state index contributed by atoms with van der Waals surface area (Å²) < 4.78 is 0. The second-order valence-electron chi connectivity index (χ2n) is 2.92. The molecule has 0 unspecified atom stereocenters. The van der Waals surface area contributed by atoms with Gasteiger partial charge in [0.15, 0.2) is 0 Å². The van der Waals surface area contributed by atoms with Gasteiger partial charge >= 0.3 is 0 Å². The van der Waals surface area contributed by atoms with Crippen molar-refractivity contribution in [3.63, 3.8) is 0 Å². The molecule has 5 heteroatoms. The minimum atomic E-state index is -0.167. The summed E-state index contributed by atoms with van der Waals surface area (Å²) >= 11 is 0. The average molecular weight is 182 g/mol. The number of nitrogen functional groups attached to an aromatic ring is 1. The van der Waals surface area contributed by atoms with Crippen molar-refractivity contribution in [2.75, 3.05) is 12.3 Å². The van der Waals surface area contributed by atoms with Crippen molar-refractivity contribution in [1.82, 2.24) is 9.97 Å². The highest BCUT2D eigenvalue weighted by Gasteiger charge is 2.03. The van der Waals surface area contributed by atoms with Crippen LogP contribution in [-0.2, 0) is 6.42 Å². The first-order valence-corrected chi connectivity index (χ1v) is 4.20. The number of aryl methyl sites for hydroxylation is 1. The first-order valence-electron chi connectivity index (χ1n) is 4.20. The summed E-state index contributed by atoms with van der Waals surface area (Å²) in [5.41, 5.74) is 11.2. The van der Waals surface area contributed by atoms with Crippen LogP contribution in [0.5, 0.6) is 0 Å². The van der Waals surface area contributed by atoms with Crippen LogP contribution in [0.2, 0.25) is 0 Å². The average Bonchev–Trinajstić information content (AvgIpc) is 2.10. The fraction of sp³-hybridized carbons (Fsp3) is 0.500. The molecule has 1 aromatic rings. The van der Waals surface area contributed by atoms with E-state index in [1.54, 1.807) is 6.92 Å². The summed E-state index contributed by atoms with van der Waals surface area (Å²) in [5, 5.41) is 0. The van der Waals surface area contributed by atoms with Crippen LogP contribution in [0.3, 0.4) is 0 Å². The number of hydrogen-bond donors (Lipinski definition) is 3. The molecular formula is C8H14N4O. The van der Waals surface area contributed by atoms with Crippen molar-refractivity contribution in [1.29, 1.82) is 0 Å². The zero-order valence-electron chi connectivity index (χ0n) is 7.63. The Bertz CT molecular complexity index is 344. The third-order valence-corrected chi connectivity index (χ3v) is 1.86. The summed E-state index contributed by atoms with van der Waals surface area (Å²) in [4.78, 5) is 17.9. The fourth-order valence-corrected chi connectivity index (χ4v) is 0.986. The maximum absolute atomic E-state index is 11.2. The van der Waals surface area contributed by atoms with Gasteiger partial charge in [0.2, 0.25) is 0 Å². The van der Waals surface area contributed by atoms with E-state index in [1.807, 2.05) is 0 Å². The quantitative estimate of drug-likeness (QED) is 0.589. The number of nitrogens with one attached hydrogen (secondary N) is 1. The van der Waals surface area contributed by atoms with Crippen LogP contribution in [-0.4, -0.2) is 16.5 Å². The van der Waals surface area contributed by atoms with Crippen molar-refractivity contribution >= 4 is 5.82 Å². The molecule has 0 aromatic carbocycles. The van der Waals surface area contributed by atoms with Gasteiger partial charge in [0.25, 0.3) is 5.56 Å². The third-order valence-electron chi connectivity index (χ3n) is 1.86. The number of nitrogens with zero attached hydrogens (tertiary/aromatic N) is 1. The van der Waals surface area contributed by atoms with Crippen molar-refractivity contribution in [3.05, 3.63) is 21.7 Å². The van der Waals surface area contributed by atoms with Gasteiger partial charge < -0.3 is 16.5 Å². The highest BCUT2D eigenvalue weighted by molar-refractivity contribution is 5.36. The number of hydrogen-bond acceptors (Lipinski definition) is 4. The molecule has 0 bridgehead atoms. The Morgan fingerprint density at radius 3 is 2.77 bits per heavy atom. The Kier molecular flexibility index (Phi) is 3.02. The smallest absolute Gasteiger partial charge is 0.255 e. The number of nitrogens with two attached hydrogens (primary N) is 2. The Morgan fingerprint density at radius 2 is 2.23 bits per heavy atom. The number of H-pyrrole nitrogens is 1. The molecule has 0 radical (unpaired) electrons. The van der Waals surface area contributed by atoms with Gasteiger partial charge in [0, 0.05) is 6.42 Å². The van der Waals surface area contributed by atoms with E-state index in [9.17, 15) is 4.79 Å². The van der Waals surface area contributed by atoms with E-state index in [0.717, 1.165) is 6.42 Å². The van der Waals surface area contributed by atoms with Crippen LogP contribution in [0.15, 0.2) is 4.79 Å². The molecule has 0 fully saturated rings. The SMILES string of the molecule is Cc1c(N)nc(CCCN)[nH]c1=O. The lowest BCUT2D eigenvalue weighted by Crippen LogP contribution is -2.17. The molecule has 0 saturated carbocycles. The summed E-state index contributed by atoms with van der Waals surface area (Å²) in [6.07, 6.45) is 1.46. The summed E-state index contributed by atoms with van der Waals surface area (Å²) in [5.74, 6) is 0.911. The molecule has 0 spiro atoms. The van der Waals surface area contributed by atoms with Gasteiger partial charge in [-0.3, -0.25) is 4.79 Å². The van der Waals surface area contributed by atoms with E-state index in [0.29, 0.717) is 30.2 Å². The van der Waals surface area contributed by atoms with E-state index in [-0.39, 0.29) is 5.56 Å². The van der Waals surface area contributed by atoms with Gasteiger partial charge in [-0.25, -0.2) is 4.98 Å². The van der Waals surface area contributed by atoms with Crippen LogP contribution >= 0.6 is 0 Å². The lowest BCUT2D eigenvalue weighted by Gasteiger charge is -2.02. The number of anilines is 1. The molecule has 0 aliphatic carbocycles. The van der Waals surface area contributed by atoms with Crippen molar-refractivity contribution in [2.24, 2.45) is 5.73 Å². The summed E-state index contributed by atoms with van der Waals surface area (Å²) in [6, 6.07) is 0. The van der Waals surface area contributed by atoms with Crippen LogP contribution in [0, 0.1) is 6.92 Å². The monoisotopic (exact) mass is 182 g/mol. The number of aromatic nitrogens is 2. The van der Waals surface area contributed by atoms with Crippen molar-refractivity contribution in [2.45, 2.75) is 19.8 Å². The van der Waals surface area contributed by atoms with Crippen molar-refractivity contribution < 1.29 is 0 Å². The van der Waals surface area contributed by atoms with E-state index in [1.165, 1.54) is 0 Å². The molecule has 0 atom stereocenters. The Morgan fingerprint density at radius 1 is 1.54 bits per heavy atom. The first-order chi connectivity index (χ1) is 6.15. The lowest BCUT2D eigenvalue weighted by molar-refractivity contribution is 0.775. The predicted octanol–water partition coefficient (Wildman–Crippen LogP) is -0.448. The Hall–Kier alpha value is -1.36. The van der Waals surface area contributed by atoms with E-state index in [2.05, 4.69) is 9.97 Å². The largest absolute Gasteiger partial charge is 0.383 e. The molecule has 5 nitrogen and oxygen atoms in total. The van der Waals surface area contributed by atoms with E-state index >= 15 is 0 Å². The minimum absolute atomic E-state index is 0.167. The highest BCUT2D eigenvalue weighted by Crippen LogP contribution is 2.01.